The minimum atomic E-state index is -4.61. The quantitative estimate of drug-likeness (QED) is 0.775. The third-order valence-corrected chi connectivity index (χ3v) is 5.24. The van der Waals surface area contributed by atoms with Crippen molar-refractivity contribution in [3.05, 3.63) is 59.2 Å². The van der Waals surface area contributed by atoms with E-state index in [0.29, 0.717) is 43.0 Å². The predicted molar refractivity (Wildman–Crippen MR) is 107 cm³/mol. The van der Waals surface area contributed by atoms with Crippen molar-refractivity contribution < 1.29 is 32.2 Å². The molecule has 2 amide bonds. The number of ether oxygens (including phenoxy) is 2. The maximum atomic E-state index is 13.2. The van der Waals surface area contributed by atoms with Crippen LogP contribution >= 0.6 is 0 Å². The Balaban J connectivity index is 1.66. The van der Waals surface area contributed by atoms with Crippen LogP contribution in [0.25, 0.3) is 0 Å². The van der Waals surface area contributed by atoms with Crippen molar-refractivity contribution in [2.24, 2.45) is 0 Å². The van der Waals surface area contributed by atoms with Crippen LogP contribution in [0.3, 0.4) is 0 Å². The molecule has 6 nitrogen and oxygen atoms in total. The summed E-state index contributed by atoms with van der Waals surface area (Å²) in [4.78, 5) is 27.1. The second kappa shape index (κ2) is 9.28. The van der Waals surface area contributed by atoms with E-state index in [1.807, 2.05) is 0 Å². The van der Waals surface area contributed by atoms with E-state index in [-0.39, 0.29) is 11.9 Å². The van der Waals surface area contributed by atoms with Gasteiger partial charge in [-0.3, -0.25) is 9.59 Å². The molecule has 1 saturated heterocycles. The smallest absolute Gasteiger partial charge is 0.417 e. The van der Waals surface area contributed by atoms with Crippen molar-refractivity contribution in [2.45, 2.75) is 25.1 Å². The molecule has 1 N–H and O–H groups in total. The lowest BCUT2D eigenvalue weighted by molar-refractivity contribution is -0.137. The molecule has 0 spiro atoms. The molecular weight excluding hydrogens is 413 g/mol. The molecule has 31 heavy (non-hydrogen) atoms. The normalized spacial score (nSPS) is 14.8. The Hall–Kier alpha value is -3.23. The largest absolute Gasteiger partial charge is 0.496 e. The first kappa shape index (κ1) is 22.5. The van der Waals surface area contributed by atoms with Crippen molar-refractivity contribution in [3.8, 4) is 11.5 Å². The molecule has 1 aliphatic rings. The summed E-state index contributed by atoms with van der Waals surface area (Å²) in [6.45, 7) is 0.678. The lowest BCUT2D eigenvalue weighted by atomic mass is 10.0. The first-order valence-corrected chi connectivity index (χ1v) is 9.73. The van der Waals surface area contributed by atoms with Crippen LogP contribution in [0.2, 0.25) is 0 Å². The minimum Gasteiger partial charge on any atom is -0.496 e. The van der Waals surface area contributed by atoms with Gasteiger partial charge in [0.15, 0.2) is 0 Å². The topological polar surface area (TPSA) is 67.9 Å². The number of hydrogen-bond donors (Lipinski definition) is 1. The van der Waals surface area contributed by atoms with Gasteiger partial charge in [0.25, 0.3) is 11.8 Å². The van der Waals surface area contributed by atoms with Gasteiger partial charge in [0.1, 0.15) is 17.1 Å². The molecule has 0 radical (unpaired) electrons. The lowest BCUT2D eigenvalue weighted by Crippen LogP contribution is -2.46. The lowest BCUT2D eigenvalue weighted by Gasteiger charge is -2.33. The zero-order valence-corrected chi connectivity index (χ0v) is 17.2. The SMILES string of the molecule is COc1cccc(OC)c1C(=O)N1CCC(NC(=O)c2ccccc2C(F)(F)F)CC1. The van der Waals surface area contributed by atoms with Crippen LogP contribution in [0.4, 0.5) is 13.2 Å². The van der Waals surface area contributed by atoms with Crippen LogP contribution in [0, 0.1) is 0 Å². The van der Waals surface area contributed by atoms with Gasteiger partial charge in [0.2, 0.25) is 0 Å². The number of piperidine rings is 1. The number of nitrogens with zero attached hydrogens (tertiary/aromatic N) is 1. The third-order valence-electron chi connectivity index (χ3n) is 5.24. The Kier molecular flexibility index (Phi) is 6.72. The molecule has 166 valence electrons. The number of rotatable bonds is 5. The standard InChI is InChI=1S/C22H23F3N2O4/c1-30-17-8-5-9-18(31-2)19(17)21(29)27-12-10-14(11-13-27)26-20(28)15-6-3-4-7-16(15)22(23,24)25/h3-9,14H,10-13H2,1-2H3,(H,26,28). The number of likely N-dealkylation sites (tertiary alicyclic amines) is 1. The summed E-state index contributed by atoms with van der Waals surface area (Å²) in [5, 5.41) is 2.67. The van der Waals surface area contributed by atoms with Gasteiger partial charge in [-0.1, -0.05) is 18.2 Å². The molecule has 1 heterocycles. The van der Waals surface area contributed by atoms with Gasteiger partial charge in [0.05, 0.1) is 25.3 Å². The van der Waals surface area contributed by atoms with Crippen molar-refractivity contribution in [2.75, 3.05) is 27.3 Å². The summed E-state index contributed by atoms with van der Waals surface area (Å²) in [5.74, 6) is -0.252. The van der Waals surface area contributed by atoms with Crippen LogP contribution in [0.1, 0.15) is 39.1 Å². The van der Waals surface area contributed by atoms with E-state index in [1.54, 1.807) is 23.1 Å². The molecule has 0 bridgehead atoms. The van der Waals surface area contributed by atoms with E-state index in [4.69, 9.17) is 9.47 Å². The average molecular weight is 436 g/mol. The van der Waals surface area contributed by atoms with E-state index in [9.17, 15) is 22.8 Å². The molecule has 1 aliphatic heterocycles. The highest BCUT2D eigenvalue weighted by Crippen LogP contribution is 2.32. The number of benzene rings is 2. The predicted octanol–water partition coefficient (Wildman–Crippen LogP) is 3.76. The fourth-order valence-corrected chi connectivity index (χ4v) is 3.64. The highest BCUT2D eigenvalue weighted by molar-refractivity contribution is 6.00. The molecule has 0 saturated carbocycles. The van der Waals surface area contributed by atoms with Gasteiger partial charge >= 0.3 is 6.18 Å². The van der Waals surface area contributed by atoms with Crippen molar-refractivity contribution in [3.63, 3.8) is 0 Å². The van der Waals surface area contributed by atoms with Crippen molar-refractivity contribution in [1.29, 1.82) is 0 Å². The van der Waals surface area contributed by atoms with Crippen LogP contribution in [-0.2, 0) is 6.18 Å². The summed E-state index contributed by atoms with van der Waals surface area (Å²) >= 11 is 0. The number of carbonyl (C=O) groups excluding carboxylic acids is 2. The number of alkyl halides is 3. The van der Waals surface area contributed by atoms with Crippen molar-refractivity contribution >= 4 is 11.8 Å². The second-order valence-electron chi connectivity index (χ2n) is 7.12. The van der Waals surface area contributed by atoms with Crippen molar-refractivity contribution in [1.82, 2.24) is 10.2 Å². The Labute approximate surface area is 177 Å². The molecule has 1 fully saturated rings. The summed E-state index contributed by atoms with van der Waals surface area (Å²) in [6, 6.07) is 9.40. The highest BCUT2D eigenvalue weighted by Gasteiger charge is 2.35. The number of amides is 2. The van der Waals surface area contributed by atoms with Gasteiger partial charge in [-0.05, 0) is 37.1 Å². The zero-order chi connectivity index (χ0) is 22.6. The fraction of sp³-hybridized carbons (Fsp3) is 0.364. The molecule has 0 aromatic heterocycles. The Morgan fingerprint density at radius 1 is 0.968 bits per heavy atom. The van der Waals surface area contributed by atoms with Gasteiger partial charge in [-0.15, -0.1) is 0 Å². The highest BCUT2D eigenvalue weighted by atomic mass is 19.4. The number of methoxy groups -OCH3 is 2. The van der Waals surface area contributed by atoms with Gasteiger partial charge in [-0.25, -0.2) is 0 Å². The summed E-state index contributed by atoms with van der Waals surface area (Å²) in [5.41, 5.74) is -1.07. The maximum Gasteiger partial charge on any atom is 0.417 e. The summed E-state index contributed by atoms with van der Waals surface area (Å²) in [7, 11) is 2.93. The number of hydrogen-bond acceptors (Lipinski definition) is 4. The molecule has 3 rings (SSSR count). The minimum absolute atomic E-state index is 0.263. The molecule has 9 heteroatoms. The van der Waals surface area contributed by atoms with Crippen LogP contribution < -0.4 is 14.8 Å². The number of halogens is 3. The molecule has 2 aromatic rings. The Morgan fingerprint density at radius 3 is 2.10 bits per heavy atom. The Morgan fingerprint density at radius 2 is 1.55 bits per heavy atom. The summed E-state index contributed by atoms with van der Waals surface area (Å²) < 4.78 is 50.1. The summed E-state index contributed by atoms with van der Waals surface area (Å²) in [6.07, 6.45) is -3.77. The molecular formula is C22H23F3N2O4. The second-order valence-corrected chi connectivity index (χ2v) is 7.12. The van der Waals surface area contributed by atoms with E-state index in [0.717, 1.165) is 12.1 Å². The molecule has 2 aromatic carbocycles. The van der Waals surface area contributed by atoms with E-state index < -0.39 is 23.2 Å². The van der Waals surface area contributed by atoms with Crippen LogP contribution in [-0.4, -0.2) is 50.1 Å². The van der Waals surface area contributed by atoms with Crippen LogP contribution in [0.5, 0.6) is 11.5 Å². The van der Waals surface area contributed by atoms with Gasteiger partial charge in [0, 0.05) is 19.1 Å². The number of nitrogens with one attached hydrogen (secondary N) is 1. The third kappa shape index (κ3) is 4.92. The van der Waals surface area contributed by atoms with Gasteiger partial charge in [-0.2, -0.15) is 13.2 Å². The average Bonchev–Trinajstić information content (AvgIpc) is 2.77. The first-order chi connectivity index (χ1) is 14.8. The zero-order valence-electron chi connectivity index (χ0n) is 17.2. The van der Waals surface area contributed by atoms with E-state index >= 15 is 0 Å². The number of carbonyl (C=O) groups is 2. The first-order valence-electron chi connectivity index (χ1n) is 9.73. The fourth-order valence-electron chi connectivity index (χ4n) is 3.64. The molecule has 0 unspecified atom stereocenters. The maximum absolute atomic E-state index is 13.2. The van der Waals surface area contributed by atoms with Gasteiger partial charge < -0.3 is 19.7 Å². The van der Waals surface area contributed by atoms with E-state index in [1.165, 1.54) is 26.4 Å². The molecule has 0 aliphatic carbocycles. The van der Waals surface area contributed by atoms with Crippen LogP contribution in [0.15, 0.2) is 42.5 Å². The monoisotopic (exact) mass is 436 g/mol. The molecule has 0 atom stereocenters. The Bertz CT molecular complexity index is 932. The van der Waals surface area contributed by atoms with E-state index in [2.05, 4.69) is 5.32 Å².